The summed E-state index contributed by atoms with van der Waals surface area (Å²) in [6.45, 7) is 1.44. The molecule has 190 valence electrons. The van der Waals surface area contributed by atoms with Crippen LogP contribution in [0.1, 0.15) is 16.7 Å². The van der Waals surface area contributed by atoms with E-state index in [1.165, 1.54) is 11.9 Å². The number of nitrogens with one attached hydrogen (secondary N) is 1. The Balaban J connectivity index is 2.03. The number of hydrogen-bond acceptors (Lipinski definition) is 4. The van der Waals surface area contributed by atoms with Crippen LogP contribution in [-0.2, 0) is 32.6 Å². The van der Waals surface area contributed by atoms with Gasteiger partial charge in [0.05, 0.1) is 11.9 Å². The monoisotopic (exact) mass is 527 g/mol. The van der Waals surface area contributed by atoms with Gasteiger partial charge in [0.2, 0.25) is 21.8 Å². The third-order valence-corrected chi connectivity index (χ3v) is 7.23. The second kappa shape index (κ2) is 12.1. The van der Waals surface area contributed by atoms with Crippen molar-refractivity contribution in [3.63, 3.8) is 0 Å². The summed E-state index contributed by atoms with van der Waals surface area (Å²) in [7, 11) is -2.27. The van der Waals surface area contributed by atoms with Gasteiger partial charge in [0.25, 0.3) is 0 Å². The smallest absolute Gasteiger partial charge is 0.244 e. The summed E-state index contributed by atoms with van der Waals surface area (Å²) in [5.74, 6) is -0.842. The number of sulfonamides is 1. The normalized spacial score (nSPS) is 12.0. The highest BCUT2D eigenvalue weighted by molar-refractivity contribution is 7.92. The first-order chi connectivity index (χ1) is 17.1. The Labute approximate surface area is 217 Å². The minimum Gasteiger partial charge on any atom is -0.357 e. The van der Waals surface area contributed by atoms with E-state index in [9.17, 15) is 18.0 Å². The van der Waals surface area contributed by atoms with Crippen LogP contribution < -0.4 is 9.62 Å². The number of rotatable bonds is 10. The van der Waals surface area contributed by atoms with Gasteiger partial charge in [-0.1, -0.05) is 72.3 Å². The first-order valence-electron chi connectivity index (χ1n) is 11.4. The Hall–Kier alpha value is -3.36. The number of likely N-dealkylation sites (N-methyl/N-ethyl adjacent to an activating group) is 1. The molecule has 3 aromatic rings. The standard InChI is InChI=1S/C27H30ClN3O4S/c1-20-9-7-8-12-24(20)31(36(3,34)35)19-26(32)30(18-22-13-15-23(28)16-14-22)25(27(33)29-2)17-21-10-5-4-6-11-21/h4-16,25H,17-19H2,1-3H3,(H,29,33)/t25-/m0/s1. The van der Waals surface area contributed by atoms with Crippen molar-refractivity contribution in [1.82, 2.24) is 10.2 Å². The number of halogens is 1. The minimum atomic E-state index is -3.79. The molecule has 0 saturated carbocycles. The maximum Gasteiger partial charge on any atom is 0.244 e. The predicted octanol–water partition coefficient (Wildman–Crippen LogP) is 3.80. The number of amides is 2. The van der Waals surface area contributed by atoms with E-state index < -0.39 is 28.5 Å². The van der Waals surface area contributed by atoms with E-state index in [-0.39, 0.29) is 18.9 Å². The molecule has 0 heterocycles. The van der Waals surface area contributed by atoms with Crippen molar-refractivity contribution in [2.45, 2.75) is 25.9 Å². The van der Waals surface area contributed by atoms with Crippen molar-refractivity contribution in [3.05, 3.63) is 101 Å². The van der Waals surface area contributed by atoms with Crippen molar-refractivity contribution >= 4 is 39.1 Å². The lowest BCUT2D eigenvalue weighted by atomic mass is 10.0. The van der Waals surface area contributed by atoms with Gasteiger partial charge in [-0.05, 0) is 41.8 Å². The Bertz CT molecular complexity index is 1300. The van der Waals surface area contributed by atoms with Crippen LogP contribution >= 0.6 is 11.6 Å². The summed E-state index contributed by atoms with van der Waals surface area (Å²) in [4.78, 5) is 28.3. The molecule has 0 fully saturated rings. The van der Waals surface area contributed by atoms with Gasteiger partial charge in [-0.2, -0.15) is 0 Å². The average molecular weight is 528 g/mol. The van der Waals surface area contributed by atoms with Gasteiger partial charge >= 0.3 is 0 Å². The molecule has 0 aromatic heterocycles. The highest BCUT2D eigenvalue weighted by atomic mass is 35.5. The first kappa shape index (κ1) is 27.2. The number of aryl methyl sites for hydroxylation is 1. The van der Waals surface area contributed by atoms with Crippen molar-refractivity contribution in [2.24, 2.45) is 0 Å². The quantitative estimate of drug-likeness (QED) is 0.434. The largest absolute Gasteiger partial charge is 0.357 e. The van der Waals surface area contributed by atoms with Crippen LogP contribution in [0.5, 0.6) is 0 Å². The highest BCUT2D eigenvalue weighted by Crippen LogP contribution is 2.23. The highest BCUT2D eigenvalue weighted by Gasteiger charge is 2.32. The summed E-state index contributed by atoms with van der Waals surface area (Å²) in [5, 5.41) is 3.20. The number of nitrogens with zero attached hydrogens (tertiary/aromatic N) is 2. The van der Waals surface area contributed by atoms with E-state index in [1.54, 1.807) is 55.5 Å². The summed E-state index contributed by atoms with van der Waals surface area (Å²) >= 11 is 6.04. The zero-order chi connectivity index (χ0) is 26.3. The minimum absolute atomic E-state index is 0.103. The molecule has 9 heteroatoms. The zero-order valence-corrected chi connectivity index (χ0v) is 22.1. The number of hydrogen-bond donors (Lipinski definition) is 1. The SMILES string of the molecule is CNC(=O)[C@H](Cc1ccccc1)N(Cc1ccc(Cl)cc1)C(=O)CN(c1ccccc1C)S(C)(=O)=O. The topological polar surface area (TPSA) is 86.8 Å². The van der Waals surface area contributed by atoms with Crippen LogP contribution in [0.4, 0.5) is 5.69 Å². The number of carbonyl (C=O) groups excluding carboxylic acids is 2. The molecule has 7 nitrogen and oxygen atoms in total. The van der Waals surface area contributed by atoms with E-state index in [4.69, 9.17) is 11.6 Å². The van der Waals surface area contributed by atoms with E-state index in [1.807, 2.05) is 30.3 Å². The second-order valence-electron chi connectivity index (χ2n) is 8.52. The number of benzene rings is 3. The molecule has 0 unspecified atom stereocenters. The molecular formula is C27H30ClN3O4S. The maximum absolute atomic E-state index is 13.8. The molecule has 0 aliphatic carbocycles. The van der Waals surface area contributed by atoms with Crippen LogP contribution in [0.15, 0.2) is 78.9 Å². The molecule has 3 aromatic carbocycles. The fourth-order valence-corrected chi connectivity index (χ4v) is 4.98. The number of carbonyl (C=O) groups is 2. The van der Waals surface area contributed by atoms with Crippen molar-refractivity contribution in [2.75, 3.05) is 24.2 Å². The van der Waals surface area contributed by atoms with Crippen LogP contribution in [0, 0.1) is 6.92 Å². The first-order valence-corrected chi connectivity index (χ1v) is 13.7. The molecule has 0 saturated heterocycles. The lowest BCUT2D eigenvalue weighted by Crippen LogP contribution is -2.53. The van der Waals surface area contributed by atoms with Crippen molar-refractivity contribution in [1.29, 1.82) is 0 Å². The van der Waals surface area contributed by atoms with E-state index >= 15 is 0 Å². The molecule has 3 rings (SSSR count). The van der Waals surface area contributed by atoms with Gasteiger partial charge in [-0.25, -0.2) is 8.42 Å². The summed E-state index contributed by atoms with van der Waals surface area (Å²) in [6, 6.07) is 22.5. The van der Waals surface area contributed by atoms with Crippen LogP contribution in [0.2, 0.25) is 5.02 Å². The lowest BCUT2D eigenvalue weighted by Gasteiger charge is -2.33. The van der Waals surface area contributed by atoms with E-state index in [0.29, 0.717) is 16.3 Å². The summed E-state index contributed by atoms with van der Waals surface area (Å²) in [5.41, 5.74) is 2.77. The van der Waals surface area contributed by atoms with E-state index in [0.717, 1.165) is 21.7 Å². The fraction of sp³-hybridized carbons (Fsp3) is 0.259. The molecule has 0 radical (unpaired) electrons. The Morgan fingerprint density at radius 1 is 0.917 bits per heavy atom. The molecule has 36 heavy (non-hydrogen) atoms. The van der Waals surface area contributed by atoms with Crippen molar-refractivity contribution < 1.29 is 18.0 Å². The Morgan fingerprint density at radius 3 is 2.11 bits per heavy atom. The number of para-hydroxylation sites is 1. The number of anilines is 1. The second-order valence-corrected chi connectivity index (χ2v) is 10.9. The molecule has 0 bridgehead atoms. The third-order valence-electron chi connectivity index (χ3n) is 5.85. The molecule has 1 atom stereocenters. The molecule has 1 N–H and O–H groups in total. The lowest BCUT2D eigenvalue weighted by molar-refractivity contribution is -0.139. The zero-order valence-electron chi connectivity index (χ0n) is 20.5. The maximum atomic E-state index is 13.8. The van der Waals surface area contributed by atoms with E-state index in [2.05, 4.69) is 5.32 Å². The van der Waals surface area contributed by atoms with Gasteiger partial charge in [0.15, 0.2) is 0 Å². The Kier molecular flexibility index (Phi) is 9.12. The van der Waals surface area contributed by atoms with Crippen molar-refractivity contribution in [3.8, 4) is 0 Å². The van der Waals surface area contributed by atoms with Crippen LogP contribution in [-0.4, -0.2) is 51.0 Å². The van der Waals surface area contributed by atoms with Crippen LogP contribution in [0.25, 0.3) is 0 Å². The van der Waals surface area contributed by atoms with Gasteiger partial charge in [-0.15, -0.1) is 0 Å². The molecule has 0 spiro atoms. The van der Waals surface area contributed by atoms with Gasteiger partial charge in [-0.3, -0.25) is 13.9 Å². The van der Waals surface area contributed by atoms with Gasteiger partial charge in [0.1, 0.15) is 12.6 Å². The Morgan fingerprint density at radius 2 is 1.53 bits per heavy atom. The molecular weight excluding hydrogens is 498 g/mol. The summed E-state index contributed by atoms with van der Waals surface area (Å²) < 4.78 is 26.6. The third kappa shape index (κ3) is 7.08. The summed E-state index contributed by atoms with van der Waals surface area (Å²) in [6.07, 6.45) is 1.33. The average Bonchev–Trinajstić information content (AvgIpc) is 2.85. The van der Waals surface area contributed by atoms with Gasteiger partial charge < -0.3 is 10.2 Å². The van der Waals surface area contributed by atoms with Crippen LogP contribution in [0.3, 0.4) is 0 Å². The van der Waals surface area contributed by atoms with Gasteiger partial charge in [0, 0.05) is 25.0 Å². The molecule has 0 aliphatic rings. The molecule has 0 aliphatic heterocycles. The predicted molar refractivity (Wildman–Crippen MR) is 143 cm³/mol. The molecule has 2 amide bonds. The fourth-order valence-electron chi connectivity index (χ4n) is 3.95.